The lowest BCUT2D eigenvalue weighted by atomic mass is 10.4. The van der Waals surface area contributed by atoms with Crippen molar-refractivity contribution >= 4 is 10.0 Å². The van der Waals surface area contributed by atoms with E-state index in [0.29, 0.717) is 31.9 Å². The number of nitrogens with one attached hydrogen (secondary N) is 2. The van der Waals surface area contributed by atoms with Crippen LogP contribution in [0.25, 0.3) is 0 Å². The third-order valence-electron chi connectivity index (χ3n) is 2.47. The van der Waals surface area contributed by atoms with Crippen molar-refractivity contribution in [2.45, 2.75) is 18.5 Å². The molecule has 0 aromatic carbocycles. The molecule has 0 atom stereocenters. The van der Waals surface area contributed by atoms with Crippen LogP contribution in [0, 0.1) is 0 Å². The van der Waals surface area contributed by atoms with Gasteiger partial charge in [0, 0.05) is 32.3 Å². The van der Waals surface area contributed by atoms with Crippen molar-refractivity contribution < 1.29 is 13.2 Å². The summed E-state index contributed by atoms with van der Waals surface area (Å²) in [5, 5.41) is 9.37. The number of aromatic nitrogens is 2. The van der Waals surface area contributed by atoms with Gasteiger partial charge in [0.15, 0.2) is 5.03 Å². The number of rotatable bonds is 8. The van der Waals surface area contributed by atoms with Crippen molar-refractivity contribution in [3.8, 4) is 0 Å². The van der Waals surface area contributed by atoms with Crippen molar-refractivity contribution in [1.29, 1.82) is 0 Å². The largest absolute Gasteiger partial charge is 0.380 e. The Morgan fingerprint density at radius 1 is 1.56 bits per heavy atom. The molecule has 104 valence electrons. The molecule has 0 aliphatic heterocycles. The summed E-state index contributed by atoms with van der Waals surface area (Å²) >= 11 is 0. The van der Waals surface area contributed by atoms with E-state index in [0.717, 1.165) is 0 Å². The molecule has 1 rings (SSSR count). The van der Waals surface area contributed by atoms with Gasteiger partial charge in [-0.05, 0) is 14.0 Å². The molecule has 1 aromatic rings. The van der Waals surface area contributed by atoms with E-state index < -0.39 is 10.0 Å². The number of sulfonamides is 1. The van der Waals surface area contributed by atoms with Crippen LogP contribution >= 0.6 is 0 Å². The Morgan fingerprint density at radius 3 is 2.89 bits per heavy atom. The second-order valence-corrected chi connectivity index (χ2v) is 5.76. The first-order valence-electron chi connectivity index (χ1n) is 5.75. The maximum absolute atomic E-state index is 12.3. The maximum atomic E-state index is 12.3. The first kappa shape index (κ1) is 15.1. The minimum absolute atomic E-state index is 0.135. The van der Waals surface area contributed by atoms with Crippen molar-refractivity contribution in [3.05, 3.63) is 11.8 Å². The lowest BCUT2D eigenvalue weighted by Gasteiger charge is -2.16. The fraction of sp³-hybridized carbons (Fsp3) is 0.700. The average molecular weight is 276 g/mol. The summed E-state index contributed by atoms with van der Waals surface area (Å²) in [7, 11) is -0.255. The van der Waals surface area contributed by atoms with Crippen LogP contribution in [0.4, 0.5) is 0 Å². The van der Waals surface area contributed by atoms with E-state index in [9.17, 15) is 8.42 Å². The summed E-state index contributed by atoms with van der Waals surface area (Å²) in [4.78, 5) is 0. The van der Waals surface area contributed by atoms with Gasteiger partial charge in [-0.25, -0.2) is 8.42 Å². The monoisotopic (exact) mass is 276 g/mol. The van der Waals surface area contributed by atoms with E-state index in [-0.39, 0.29) is 5.03 Å². The molecule has 0 unspecified atom stereocenters. The van der Waals surface area contributed by atoms with Gasteiger partial charge >= 0.3 is 0 Å². The van der Waals surface area contributed by atoms with Crippen molar-refractivity contribution in [1.82, 2.24) is 19.8 Å². The molecule has 2 N–H and O–H groups in total. The molecule has 0 bridgehead atoms. The van der Waals surface area contributed by atoms with Gasteiger partial charge in [0.05, 0.1) is 12.8 Å². The second-order valence-electron chi connectivity index (χ2n) is 3.78. The first-order valence-corrected chi connectivity index (χ1v) is 7.19. The van der Waals surface area contributed by atoms with Crippen molar-refractivity contribution in [2.75, 3.05) is 33.9 Å². The molecule has 1 aromatic heterocycles. The fourth-order valence-corrected chi connectivity index (χ4v) is 2.70. The topological polar surface area (TPSA) is 87.3 Å². The van der Waals surface area contributed by atoms with Gasteiger partial charge in [-0.3, -0.25) is 5.10 Å². The minimum atomic E-state index is -3.53. The molecule has 0 spiro atoms. The Kier molecular flexibility index (Phi) is 5.73. The third kappa shape index (κ3) is 3.52. The number of aromatic amines is 1. The molecule has 0 fully saturated rings. The zero-order valence-electron chi connectivity index (χ0n) is 10.9. The van der Waals surface area contributed by atoms with E-state index in [4.69, 9.17) is 4.74 Å². The number of hydrogen-bond donors (Lipinski definition) is 2. The van der Waals surface area contributed by atoms with Crippen LogP contribution in [0.2, 0.25) is 0 Å². The van der Waals surface area contributed by atoms with Gasteiger partial charge in [0.2, 0.25) is 0 Å². The van der Waals surface area contributed by atoms with Crippen LogP contribution in [0.1, 0.15) is 12.5 Å². The van der Waals surface area contributed by atoms with E-state index in [1.165, 1.54) is 17.5 Å². The fourth-order valence-electron chi connectivity index (χ4n) is 1.45. The highest BCUT2D eigenvalue weighted by Gasteiger charge is 2.25. The van der Waals surface area contributed by atoms with Crippen LogP contribution in [0.5, 0.6) is 0 Å². The molecule has 0 saturated carbocycles. The standard InChI is InChI=1S/C10H20N4O3S/c1-4-17-6-5-14(3)18(15,16)10-9(7-11-2)8-12-13-10/h8,11H,4-7H2,1-3H3,(H,12,13). The Hall–Kier alpha value is -0.960. The number of H-pyrrole nitrogens is 1. The summed E-state index contributed by atoms with van der Waals surface area (Å²) in [6.45, 7) is 3.58. The second kappa shape index (κ2) is 6.83. The molecule has 8 heteroatoms. The summed E-state index contributed by atoms with van der Waals surface area (Å²) in [5.41, 5.74) is 0.626. The molecular formula is C10H20N4O3S. The Balaban J connectivity index is 2.81. The van der Waals surface area contributed by atoms with Gasteiger partial charge in [-0.15, -0.1) is 0 Å². The van der Waals surface area contributed by atoms with E-state index in [2.05, 4.69) is 15.5 Å². The molecular weight excluding hydrogens is 256 g/mol. The summed E-state index contributed by atoms with van der Waals surface area (Å²) in [6.07, 6.45) is 1.51. The summed E-state index contributed by atoms with van der Waals surface area (Å²) in [5.74, 6) is 0. The normalized spacial score (nSPS) is 12.2. The molecule has 0 radical (unpaired) electrons. The highest BCUT2D eigenvalue weighted by Crippen LogP contribution is 2.15. The molecule has 7 nitrogen and oxygen atoms in total. The minimum Gasteiger partial charge on any atom is -0.380 e. The smallest absolute Gasteiger partial charge is 0.260 e. The Labute approximate surface area is 108 Å². The Morgan fingerprint density at radius 2 is 2.28 bits per heavy atom. The van der Waals surface area contributed by atoms with Crippen LogP contribution in [0.15, 0.2) is 11.2 Å². The van der Waals surface area contributed by atoms with Gasteiger partial charge in [-0.1, -0.05) is 0 Å². The predicted octanol–water partition coefficient (Wildman–Crippen LogP) is -0.214. The van der Waals surface area contributed by atoms with Gasteiger partial charge in [0.25, 0.3) is 10.0 Å². The molecule has 0 saturated heterocycles. The summed E-state index contributed by atoms with van der Waals surface area (Å²) < 4.78 is 30.9. The van der Waals surface area contributed by atoms with Gasteiger partial charge in [-0.2, -0.15) is 9.40 Å². The van der Waals surface area contributed by atoms with E-state index in [1.54, 1.807) is 7.05 Å². The molecule has 0 amide bonds. The molecule has 0 aliphatic carbocycles. The molecule has 0 aliphatic rings. The molecule has 18 heavy (non-hydrogen) atoms. The zero-order valence-corrected chi connectivity index (χ0v) is 11.7. The van der Waals surface area contributed by atoms with E-state index >= 15 is 0 Å². The Bertz CT molecular complexity index is 457. The SMILES string of the molecule is CCOCCN(C)S(=O)(=O)c1[nH]ncc1CNC. The highest BCUT2D eigenvalue weighted by molar-refractivity contribution is 7.89. The number of ether oxygens (including phenoxy) is 1. The maximum Gasteiger partial charge on any atom is 0.260 e. The van der Waals surface area contributed by atoms with Gasteiger partial charge in [0.1, 0.15) is 0 Å². The van der Waals surface area contributed by atoms with E-state index in [1.807, 2.05) is 6.92 Å². The van der Waals surface area contributed by atoms with Crippen molar-refractivity contribution in [3.63, 3.8) is 0 Å². The summed E-state index contributed by atoms with van der Waals surface area (Å²) in [6, 6.07) is 0. The lowest BCUT2D eigenvalue weighted by Crippen LogP contribution is -2.31. The number of nitrogens with zero attached hydrogens (tertiary/aromatic N) is 2. The lowest BCUT2D eigenvalue weighted by molar-refractivity contribution is 0.138. The van der Waals surface area contributed by atoms with Crippen molar-refractivity contribution in [2.24, 2.45) is 0 Å². The number of likely N-dealkylation sites (N-methyl/N-ethyl adjacent to an activating group) is 1. The van der Waals surface area contributed by atoms with Crippen LogP contribution in [-0.4, -0.2) is 56.8 Å². The quantitative estimate of drug-likeness (QED) is 0.641. The van der Waals surface area contributed by atoms with Crippen LogP contribution in [-0.2, 0) is 21.3 Å². The first-order chi connectivity index (χ1) is 8.54. The number of hydrogen-bond acceptors (Lipinski definition) is 5. The third-order valence-corrected chi connectivity index (χ3v) is 4.34. The zero-order chi connectivity index (χ0) is 13.6. The molecule has 1 heterocycles. The predicted molar refractivity (Wildman–Crippen MR) is 67.7 cm³/mol. The highest BCUT2D eigenvalue weighted by atomic mass is 32.2. The van der Waals surface area contributed by atoms with Gasteiger partial charge < -0.3 is 10.1 Å². The average Bonchev–Trinajstić information content (AvgIpc) is 2.78. The van der Waals surface area contributed by atoms with Crippen LogP contribution < -0.4 is 5.32 Å². The van der Waals surface area contributed by atoms with Crippen LogP contribution in [0.3, 0.4) is 0 Å².